The molecule has 1 aliphatic carbocycles. The molecule has 0 atom stereocenters. The lowest BCUT2D eigenvalue weighted by Gasteiger charge is -2.15. The fraction of sp³-hybridized carbons (Fsp3) is 0.0769. The molecule has 4 heteroatoms. The van der Waals surface area contributed by atoms with Crippen molar-refractivity contribution >= 4 is 40.1 Å². The summed E-state index contributed by atoms with van der Waals surface area (Å²) in [5.41, 5.74) is 1.86. The minimum absolute atomic E-state index is 0.556. The van der Waals surface area contributed by atoms with Gasteiger partial charge in [-0.15, -0.1) is 0 Å². The maximum Gasteiger partial charge on any atom is 0.175 e. The summed E-state index contributed by atoms with van der Waals surface area (Å²) in [7, 11) is 0. The quantitative estimate of drug-likeness (QED) is 0.798. The lowest BCUT2D eigenvalue weighted by molar-refractivity contribution is 1.20. The smallest absolute Gasteiger partial charge is 0.175 e. The van der Waals surface area contributed by atoms with E-state index in [1.165, 1.54) is 0 Å². The number of thiocarbonyl (C=S) groups is 2. The van der Waals surface area contributed by atoms with Crippen LogP contribution in [0.4, 0.5) is 5.69 Å². The topological polar surface area (TPSA) is 24.1 Å². The Morgan fingerprint density at radius 3 is 2.59 bits per heavy atom. The van der Waals surface area contributed by atoms with E-state index in [1.807, 2.05) is 48.6 Å². The molecular weight excluding hydrogens is 248 g/mol. The lowest BCUT2D eigenvalue weighted by atomic mass is 10.1. The molecule has 0 aliphatic heterocycles. The molecule has 0 saturated carbocycles. The molecule has 0 spiro atoms. The first-order valence-electron chi connectivity index (χ1n) is 5.29. The molecule has 0 aromatic heterocycles. The van der Waals surface area contributed by atoms with Crippen molar-refractivity contribution in [3.05, 3.63) is 54.3 Å². The second-order valence-electron chi connectivity index (χ2n) is 3.58. The van der Waals surface area contributed by atoms with E-state index < -0.39 is 0 Å². The molecule has 2 N–H and O–H groups in total. The van der Waals surface area contributed by atoms with Crippen LogP contribution in [0.5, 0.6) is 0 Å². The van der Waals surface area contributed by atoms with Gasteiger partial charge in [-0.2, -0.15) is 0 Å². The molecule has 0 radical (unpaired) electrons. The molecular formula is C13H12N2S2. The SMILES string of the molecule is S=C(NC1=CC=CCC1=S)Nc1ccccc1. The zero-order valence-corrected chi connectivity index (χ0v) is 10.8. The molecule has 0 unspecified atom stereocenters. The summed E-state index contributed by atoms with van der Waals surface area (Å²) in [6.45, 7) is 0. The largest absolute Gasteiger partial charge is 0.332 e. The van der Waals surface area contributed by atoms with E-state index in [0.717, 1.165) is 22.7 Å². The monoisotopic (exact) mass is 260 g/mol. The summed E-state index contributed by atoms with van der Waals surface area (Å²) in [4.78, 5) is 0.879. The Kier molecular flexibility index (Phi) is 4.01. The maximum atomic E-state index is 5.24. The van der Waals surface area contributed by atoms with Crippen molar-refractivity contribution in [2.75, 3.05) is 5.32 Å². The molecule has 86 valence electrons. The third kappa shape index (κ3) is 3.47. The van der Waals surface area contributed by atoms with Gasteiger partial charge in [-0.25, -0.2) is 0 Å². The van der Waals surface area contributed by atoms with Gasteiger partial charge in [-0.05, 0) is 30.4 Å². The molecule has 0 heterocycles. The number of rotatable bonds is 2. The van der Waals surface area contributed by atoms with E-state index in [4.69, 9.17) is 24.4 Å². The number of nitrogens with one attached hydrogen (secondary N) is 2. The number of para-hydroxylation sites is 1. The average Bonchev–Trinajstić information content (AvgIpc) is 2.33. The van der Waals surface area contributed by atoms with E-state index in [-0.39, 0.29) is 0 Å². The van der Waals surface area contributed by atoms with Crippen LogP contribution in [0.25, 0.3) is 0 Å². The number of allylic oxidation sites excluding steroid dienone is 4. The summed E-state index contributed by atoms with van der Waals surface area (Å²) in [6, 6.07) is 9.80. The summed E-state index contributed by atoms with van der Waals surface area (Å²) >= 11 is 10.5. The minimum Gasteiger partial charge on any atom is -0.332 e. The number of anilines is 1. The Balaban J connectivity index is 1.96. The van der Waals surface area contributed by atoms with E-state index >= 15 is 0 Å². The van der Waals surface area contributed by atoms with Gasteiger partial charge in [-0.3, -0.25) is 0 Å². The molecule has 1 aromatic rings. The van der Waals surface area contributed by atoms with Crippen molar-refractivity contribution in [2.45, 2.75) is 6.42 Å². The van der Waals surface area contributed by atoms with Gasteiger partial charge in [0.1, 0.15) is 0 Å². The van der Waals surface area contributed by atoms with Crippen molar-refractivity contribution < 1.29 is 0 Å². The molecule has 17 heavy (non-hydrogen) atoms. The van der Waals surface area contributed by atoms with Gasteiger partial charge in [0.2, 0.25) is 0 Å². The van der Waals surface area contributed by atoms with Crippen molar-refractivity contribution in [1.29, 1.82) is 0 Å². The molecule has 0 saturated heterocycles. The zero-order chi connectivity index (χ0) is 12.1. The predicted octanol–water partition coefficient (Wildman–Crippen LogP) is 3.19. The van der Waals surface area contributed by atoms with Gasteiger partial charge in [0, 0.05) is 17.0 Å². The van der Waals surface area contributed by atoms with E-state index in [2.05, 4.69) is 10.6 Å². The summed E-state index contributed by atoms with van der Waals surface area (Å²) < 4.78 is 0. The Morgan fingerprint density at radius 2 is 1.88 bits per heavy atom. The Hall–Kier alpha value is -1.52. The first kappa shape index (κ1) is 12.0. The highest BCUT2D eigenvalue weighted by atomic mass is 32.1. The lowest BCUT2D eigenvalue weighted by Crippen LogP contribution is -2.31. The number of benzene rings is 1. The van der Waals surface area contributed by atoms with Gasteiger partial charge >= 0.3 is 0 Å². The molecule has 1 aliphatic rings. The highest BCUT2D eigenvalue weighted by molar-refractivity contribution is 7.81. The number of hydrogen-bond acceptors (Lipinski definition) is 2. The second kappa shape index (κ2) is 5.70. The van der Waals surface area contributed by atoms with Crippen LogP contribution in [0.3, 0.4) is 0 Å². The summed E-state index contributed by atoms with van der Waals surface area (Å²) in [5, 5.41) is 6.77. The van der Waals surface area contributed by atoms with Crippen LogP contribution in [-0.4, -0.2) is 9.98 Å². The van der Waals surface area contributed by atoms with Crippen molar-refractivity contribution in [1.82, 2.24) is 5.32 Å². The van der Waals surface area contributed by atoms with Crippen LogP contribution < -0.4 is 10.6 Å². The fourth-order valence-electron chi connectivity index (χ4n) is 1.46. The normalized spacial score (nSPS) is 14.1. The molecule has 0 bridgehead atoms. The van der Waals surface area contributed by atoms with Crippen LogP contribution >= 0.6 is 24.4 Å². The zero-order valence-electron chi connectivity index (χ0n) is 9.14. The second-order valence-corrected chi connectivity index (χ2v) is 4.48. The van der Waals surface area contributed by atoms with Crippen LogP contribution in [0.1, 0.15) is 6.42 Å². The third-order valence-electron chi connectivity index (χ3n) is 2.28. The molecule has 2 nitrogen and oxygen atoms in total. The van der Waals surface area contributed by atoms with Gasteiger partial charge in [0.05, 0.1) is 5.70 Å². The third-order valence-corrected chi connectivity index (χ3v) is 2.87. The Morgan fingerprint density at radius 1 is 1.12 bits per heavy atom. The maximum absolute atomic E-state index is 5.24. The Bertz CT molecular complexity index is 489. The average molecular weight is 260 g/mol. The van der Waals surface area contributed by atoms with Gasteiger partial charge in [-0.1, -0.05) is 42.6 Å². The summed E-state index contributed by atoms with van der Waals surface area (Å²) in [5.74, 6) is 0. The first-order chi connectivity index (χ1) is 8.25. The van der Waals surface area contributed by atoms with Crippen molar-refractivity contribution in [3.63, 3.8) is 0 Å². The van der Waals surface area contributed by atoms with Gasteiger partial charge in [0.15, 0.2) is 5.11 Å². The summed E-state index contributed by atoms with van der Waals surface area (Å²) in [6.07, 6.45) is 6.73. The van der Waals surface area contributed by atoms with Crippen LogP contribution in [0.15, 0.2) is 54.3 Å². The van der Waals surface area contributed by atoms with Gasteiger partial charge in [0.25, 0.3) is 0 Å². The van der Waals surface area contributed by atoms with E-state index in [1.54, 1.807) is 0 Å². The number of hydrogen-bond donors (Lipinski definition) is 2. The van der Waals surface area contributed by atoms with Crippen molar-refractivity contribution in [3.8, 4) is 0 Å². The van der Waals surface area contributed by atoms with E-state index in [9.17, 15) is 0 Å². The molecule has 0 fully saturated rings. The molecule has 1 aromatic carbocycles. The fourth-order valence-corrected chi connectivity index (χ4v) is 1.90. The minimum atomic E-state index is 0.556. The van der Waals surface area contributed by atoms with E-state index in [0.29, 0.717) is 5.11 Å². The van der Waals surface area contributed by atoms with Crippen LogP contribution in [0, 0.1) is 0 Å². The highest BCUT2D eigenvalue weighted by Crippen LogP contribution is 2.09. The van der Waals surface area contributed by atoms with Gasteiger partial charge < -0.3 is 10.6 Å². The molecule has 0 amide bonds. The van der Waals surface area contributed by atoms with Crippen LogP contribution in [-0.2, 0) is 0 Å². The predicted molar refractivity (Wildman–Crippen MR) is 80.2 cm³/mol. The van der Waals surface area contributed by atoms with Crippen LogP contribution in [0.2, 0.25) is 0 Å². The first-order valence-corrected chi connectivity index (χ1v) is 6.10. The molecule has 2 rings (SSSR count). The van der Waals surface area contributed by atoms with Crippen molar-refractivity contribution in [2.24, 2.45) is 0 Å². The standard InChI is InChI=1S/C13H12N2S2/c16-12-9-5-4-8-11(12)15-13(17)14-10-6-2-1-3-7-10/h1-8H,9H2,(H2,14,15,17). The Labute approximate surface area is 111 Å². The highest BCUT2D eigenvalue weighted by Gasteiger charge is 2.07.